The zero-order valence-corrected chi connectivity index (χ0v) is 14.4. The van der Waals surface area contributed by atoms with Gasteiger partial charge in [-0.3, -0.25) is 4.98 Å². The Hall–Kier alpha value is -1.13. The number of nitrogens with one attached hydrogen (secondary N) is 1. The van der Waals surface area contributed by atoms with E-state index >= 15 is 0 Å². The maximum absolute atomic E-state index is 10.0. The zero-order chi connectivity index (χ0) is 16.3. The van der Waals surface area contributed by atoms with Crippen molar-refractivity contribution in [1.29, 1.82) is 0 Å². The van der Waals surface area contributed by atoms with Crippen LogP contribution in [0.4, 0.5) is 0 Å². The molecule has 4 heteroatoms. The lowest BCUT2D eigenvalue weighted by Crippen LogP contribution is -2.42. The second-order valence-electron chi connectivity index (χ2n) is 7.65. The first-order valence-corrected chi connectivity index (χ1v) is 7.53. The Morgan fingerprint density at radius 3 is 2.33 bits per heavy atom. The van der Waals surface area contributed by atoms with Crippen molar-refractivity contribution in [3.63, 3.8) is 0 Å². The van der Waals surface area contributed by atoms with Crippen LogP contribution in [0.15, 0.2) is 12.1 Å². The van der Waals surface area contributed by atoms with Gasteiger partial charge in [0.25, 0.3) is 0 Å². The van der Waals surface area contributed by atoms with E-state index in [1.54, 1.807) is 0 Å². The number of ether oxygens (including phenoxy) is 1. The molecule has 1 atom stereocenters. The van der Waals surface area contributed by atoms with Crippen molar-refractivity contribution >= 4 is 0 Å². The molecular weight excluding hydrogens is 264 g/mol. The predicted octanol–water partition coefficient (Wildman–Crippen LogP) is 2.82. The molecule has 4 nitrogen and oxygen atoms in total. The van der Waals surface area contributed by atoms with Gasteiger partial charge in [0, 0.05) is 23.2 Å². The summed E-state index contributed by atoms with van der Waals surface area (Å²) in [5.74, 6) is 0.753. The van der Waals surface area contributed by atoms with E-state index in [0.717, 1.165) is 17.1 Å². The van der Waals surface area contributed by atoms with Crippen LogP contribution in [-0.2, 0) is 5.41 Å². The van der Waals surface area contributed by atoms with Crippen LogP contribution < -0.4 is 10.1 Å². The van der Waals surface area contributed by atoms with Crippen LogP contribution in [0.3, 0.4) is 0 Å². The molecule has 0 aliphatic rings. The molecule has 0 fully saturated rings. The number of aryl methyl sites for hydroxylation is 1. The van der Waals surface area contributed by atoms with Gasteiger partial charge in [-0.05, 0) is 39.8 Å². The Kier molecular flexibility index (Phi) is 5.76. The van der Waals surface area contributed by atoms with Crippen molar-refractivity contribution in [2.75, 3.05) is 13.2 Å². The van der Waals surface area contributed by atoms with E-state index in [2.05, 4.69) is 51.8 Å². The quantitative estimate of drug-likeness (QED) is 0.877. The highest BCUT2D eigenvalue weighted by Crippen LogP contribution is 2.29. The first-order valence-electron chi connectivity index (χ1n) is 7.53. The standard InChI is InChI=1S/C17H30N2O2/c1-12-8-9-14(15(19-12)16(2,3)4)21-11-13(20)10-18-17(5,6)7/h8-9,13,18,20H,10-11H2,1-7H3. The highest BCUT2D eigenvalue weighted by Gasteiger charge is 2.22. The van der Waals surface area contributed by atoms with Gasteiger partial charge >= 0.3 is 0 Å². The molecule has 120 valence electrons. The van der Waals surface area contributed by atoms with Crippen LogP contribution in [0.5, 0.6) is 5.75 Å². The number of β-amino-alcohol motifs (C(OH)–C–C–N with tert-alkyl or cyclic N) is 1. The van der Waals surface area contributed by atoms with E-state index in [1.807, 2.05) is 19.1 Å². The van der Waals surface area contributed by atoms with Gasteiger partial charge in [0.1, 0.15) is 18.5 Å². The van der Waals surface area contributed by atoms with Gasteiger partial charge in [0.15, 0.2) is 0 Å². The van der Waals surface area contributed by atoms with E-state index in [-0.39, 0.29) is 17.6 Å². The number of hydrogen-bond donors (Lipinski definition) is 2. The molecule has 0 aliphatic carbocycles. The van der Waals surface area contributed by atoms with Crippen molar-refractivity contribution in [2.45, 2.75) is 65.5 Å². The van der Waals surface area contributed by atoms with Gasteiger partial charge in [0.2, 0.25) is 0 Å². The highest BCUT2D eigenvalue weighted by molar-refractivity contribution is 5.34. The molecule has 2 N–H and O–H groups in total. The van der Waals surface area contributed by atoms with Crippen molar-refractivity contribution < 1.29 is 9.84 Å². The molecule has 0 bridgehead atoms. The Balaban J connectivity index is 2.67. The Morgan fingerprint density at radius 1 is 1.19 bits per heavy atom. The lowest BCUT2D eigenvalue weighted by Gasteiger charge is -2.25. The molecular formula is C17H30N2O2. The molecule has 1 aromatic rings. The monoisotopic (exact) mass is 294 g/mol. The zero-order valence-electron chi connectivity index (χ0n) is 14.4. The molecule has 0 saturated carbocycles. The van der Waals surface area contributed by atoms with Gasteiger partial charge in [-0.15, -0.1) is 0 Å². The summed E-state index contributed by atoms with van der Waals surface area (Å²) in [4.78, 5) is 4.59. The molecule has 1 rings (SSSR count). The summed E-state index contributed by atoms with van der Waals surface area (Å²) in [6.45, 7) is 15.3. The SMILES string of the molecule is Cc1ccc(OCC(O)CNC(C)(C)C)c(C(C)(C)C)n1. The topological polar surface area (TPSA) is 54.4 Å². The van der Waals surface area contributed by atoms with Crippen LogP contribution in [-0.4, -0.2) is 34.9 Å². The number of nitrogens with zero attached hydrogens (tertiary/aromatic N) is 1. The van der Waals surface area contributed by atoms with E-state index < -0.39 is 6.10 Å². The van der Waals surface area contributed by atoms with E-state index in [1.165, 1.54) is 0 Å². The molecule has 0 spiro atoms. The summed E-state index contributed by atoms with van der Waals surface area (Å²) in [5, 5.41) is 13.3. The largest absolute Gasteiger partial charge is 0.489 e. The fourth-order valence-corrected chi connectivity index (χ4v) is 1.87. The first-order chi connectivity index (χ1) is 9.49. The minimum Gasteiger partial charge on any atom is -0.489 e. The fourth-order valence-electron chi connectivity index (χ4n) is 1.87. The van der Waals surface area contributed by atoms with Crippen LogP contribution in [0, 0.1) is 6.92 Å². The average Bonchev–Trinajstić information content (AvgIpc) is 2.32. The Bertz CT molecular complexity index is 459. The van der Waals surface area contributed by atoms with E-state index in [9.17, 15) is 5.11 Å². The summed E-state index contributed by atoms with van der Waals surface area (Å²) in [6, 6.07) is 3.87. The van der Waals surface area contributed by atoms with Crippen LogP contribution in [0.25, 0.3) is 0 Å². The molecule has 1 unspecified atom stereocenters. The van der Waals surface area contributed by atoms with Crippen molar-refractivity contribution in [1.82, 2.24) is 10.3 Å². The van der Waals surface area contributed by atoms with E-state index in [0.29, 0.717) is 6.54 Å². The molecule has 1 heterocycles. The van der Waals surface area contributed by atoms with Crippen molar-refractivity contribution in [2.24, 2.45) is 0 Å². The molecule has 21 heavy (non-hydrogen) atoms. The fraction of sp³-hybridized carbons (Fsp3) is 0.706. The molecule has 0 amide bonds. The molecule has 0 radical (unpaired) electrons. The van der Waals surface area contributed by atoms with Crippen molar-refractivity contribution in [3.8, 4) is 5.75 Å². The molecule has 0 aliphatic heterocycles. The number of aliphatic hydroxyl groups excluding tert-OH is 1. The lowest BCUT2D eigenvalue weighted by molar-refractivity contribution is 0.0987. The lowest BCUT2D eigenvalue weighted by atomic mass is 9.91. The molecule has 0 aromatic carbocycles. The molecule has 0 saturated heterocycles. The average molecular weight is 294 g/mol. The third-order valence-corrected chi connectivity index (χ3v) is 3.01. The Morgan fingerprint density at radius 2 is 1.81 bits per heavy atom. The minimum atomic E-state index is -0.543. The number of hydrogen-bond acceptors (Lipinski definition) is 4. The third-order valence-electron chi connectivity index (χ3n) is 3.01. The first kappa shape index (κ1) is 17.9. The van der Waals surface area contributed by atoms with Crippen LogP contribution >= 0.6 is 0 Å². The summed E-state index contributed by atoms with van der Waals surface area (Å²) in [5.41, 5.74) is 1.81. The second kappa shape index (κ2) is 6.75. The van der Waals surface area contributed by atoms with Gasteiger partial charge in [-0.25, -0.2) is 0 Å². The van der Waals surface area contributed by atoms with Gasteiger partial charge in [-0.2, -0.15) is 0 Å². The summed E-state index contributed by atoms with van der Waals surface area (Å²) in [7, 11) is 0. The van der Waals surface area contributed by atoms with Crippen LogP contribution in [0.1, 0.15) is 52.9 Å². The minimum absolute atomic E-state index is 0.0109. The summed E-state index contributed by atoms with van der Waals surface area (Å²) >= 11 is 0. The summed E-state index contributed by atoms with van der Waals surface area (Å²) in [6.07, 6.45) is -0.543. The number of rotatable bonds is 5. The smallest absolute Gasteiger partial charge is 0.141 e. The van der Waals surface area contributed by atoms with Gasteiger partial charge < -0.3 is 15.2 Å². The number of aliphatic hydroxyl groups is 1. The summed E-state index contributed by atoms with van der Waals surface area (Å²) < 4.78 is 5.79. The normalized spacial score (nSPS) is 14.1. The maximum Gasteiger partial charge on any atom is 0.141 e. The molecule has 1 aromatic heterocycles. The maximum atomic E-state index is 10.0. The second-order valence-corrected chi connectivity index (χ2v) is 7.65. The number of aromatic nitrogens is 1. The third kappa shape index (κ3) is 6.44. The van der Waals surface area contributed by atoms with Gasteiger partial charge in [-0.1, -0.05) is 20.8 Å². The van der Waals surface area contributed by atoms with Crippen LogP contribution in [0.2, 0.25) is 0 Å². The van der Waals surface area contributed by atoms with Crippen molar-refractivity contribution in [3.05, 3.63) is 23.5 Å². The predicted molar refractivity (Wildman–Crippen MR) is 86.9 cm³/mol. The van der Waals surface area contributed by atoms with Gasteiger partial charge in [0.05, 0.1) is 5.69 Å². The Labute approximate surface area is 128 Å². The number of pyridine rings is 1. The van der Waals surface area contributed by atoms with E-state index in [4.69, 9.17) is 4.74 Å². The highest BCUT2D eigenvalue weighted by atomic mass is 16.5.